The second-order valence-corrected chi connectivity index (χ2v) is 6.23. The lowest BCUT2D eigenvalue weighted by Gasteiger charge is -2.06. The van der Waals surface area contributed by atoms with Crippen LogP contribution in [-0.2, 0) is 0 Å². The number of hydrazone groups is 1. The molecule has 5 nitrogen and oxygen atoms in total. The lowest BCUT2D eigenvalue weighted by atomic mass is 10.2. The van der Waals surface area contributed by atoms with Crippen molar-refractivity contribution >= 4 is 41.1 Å². The van der Waals surface area contributed by atoms with Gasteiger partial charge >= 0.3 is 6.03 Å². The van der Waals surface area contributed by atoms with Crippen LogP contribution < -0.4 is 10.7 Å². The third-order valence-electron chi connectivity index (χ3n) is 3.59. The molecule has 0 unspecified atom stereocenters. The summed E-state index contributed by atoms with van der Waals surface area (Å²) < 4.78 is 5.66. The summed E-state index contributed by atoms with van der Waals surface area (Å²) in [6, 6.07) is 15.8. The molecule has 0 aliphatic rings. The minimum absolute atomic E-state index is 0.419. The molecule has 0 bridgehead atoms. The summed E-state index contributed by atoms with van der Waals surface area (Å²) in [6.45, 7) is 1.91. The van der Waals surface area contributed by atoms with E-state index in [-0.39, 0.29) is 0 Å². The Morgan fingerprint density at radius 1 is 1.08 bits per heavy atom. The zero-order valence-corrected chi connectivity index (χ0v) is 15.3. The van der Waals surface area contributed by atoms with Gasteiger partial charge < -0.3 is 9.73 Å². The number of urea groups is 1. The third-order valence-corrected chi connectivity index (χ3v) is 4.41. The molecular weight excluding hydrogens is 373 g/mol. The Morgan fingerprint density at radius 3 is 2.69 bits per heavy atom. The SMILES string of the molecule is Cc1ccccc1NC(=O)NN=Cc1ccc(-c2cccc(Cl)c2Cl)o1. The van der Waals surface area contributed by atoms with Gasteiger partial charge in [0.05, 0.1) is 16.3 Å². The summed E-state index contributed by atoms with van der Waals surface area (Å²) in [5, 5.41) is 7.46. The number of amides is 2. The zero-order chi connectivity index (χ0) is 18.5. The Hall–Kier alpha value is -2.76. The largest absolute Gasteiger partial charge is 0.455 e. The molecule has 26 heavy (non-hydrogen) atoms. The van der Waals surface area contributed by atoms with Crippen molar-refractivity contribution < 1.29 is 9.21 Å². The molecular formula is C19H15Cl2N3O2. The summed E-state index contributed by atoms with van der Waals surface area (Å²) in [4.78, 5) is 11.9. The molecule has 0 saturated carbocycles. The number of rotatable bonds is 4. The average Bonchev–Trinajstić information content (AvgIpc) is 3.08. The Labute approximate surface area is 160 Å². The second-order valence-electron chi connectivity index (χ2n) is 5.44. The van der Waals surface area contributed by atoms with Gasteiger partial charge in [-0.15, -0.1) is 0 Å². The molecule has 132 valence electrons. The number of carbonyl (C=O) groups excluding carboxylic acids is 1. The molecule has 2 amide bonds. The van der Waals surface area contributed by atoms with Gasteiger partial charge in [-0.2, -0.15) is 5.10 Å². The van der Waals surface area contributed by atoms with Crippen LogP contribution in [0.2, 0.25) is 10.0 Å². The molecule has 0 fully saturated rings. The van der Waals surface area contributed by atoms with E-state index in [1.165, 1.54) is 6.21 Å². The highest BCUT2D eigenvalue weighted by atomic mass is 35.5. The van der Waals surface area contributed by atoms with Crippen LogP contribution in [-0.4, -0.2) is 12.2 Å². The Balaban J connectivity index is 1.63. The second kappa shape index (κ2) is 8.08. The van der Waals surface area contributed by atoms with E-state index in [1.807, 2.05) is 37.3 Å². The number of aryl methyl sites for hydroxylation is 1. The first kappa shape index (κ1) is 18.0. The third kappa shape index (κ3) is 4.25. The first-order valence-electron chi connectivity index (χ1n) is 7.74. The number of hydrogen-bond donors (Lipinski definition) is 2. The van der Waals surface area contributed by atoms with Crippen molar-refractivity contribution in [1.82, 2.24) is 5.43 Å². The maximum Gasteiger partial charge on any atom is 0.339 e. The van der Waals surface area contributed by atoms with Gasteiger partial charge in [0.15, 0.2) is 0 Å². The lowest BCUT2D eigenvalue weighted by molar-refractivity contribution is 0.252. The van der Waals surface area contributed by atoms with E-state index in [0.717, 1.165) is 11.3 Å². The smallest absolute Gasteiger partial charge is 0.339 e. The number of furan rings is 1. The Morgan fingerprint density at radius 2 is 1.88 bits per heavy atom. The maximum atomic E-state index is 11.9. The predicted molar refractivity (Wildman–Crippen MR) is 105 cm³/mol. The Kier molecular flexibility index (Phi) is 5.61. The topological polar surface area (TPSA) is 66.6 Å². The first-order chi connectivity index (χ1) is 12.5. The van der Waals surface area contributed by atoms with E-state index in [2.05, 4.69) is 15.8 Å². The summed E-state index contributed by atoms with van der Waals surface area (Å²) in [5.41, 5.74) is 4.75. The highest BCUT2D eigenvalue weighted by molar-refractivity contribution is 6.43. The van der Waals surface area contributed by atoms with Gasteiger partial charge in [-0.3, -0.25) is 0 Å². The molecule has 0 aliphatic heterocycles. The van der Waals surface area contributed by atoms with Crippen molar-refractivity contribution in [3.8, 4) is 11.3 Å². The van der Waals surface area contributed by atoms with Crippen LogP contribution in [0, 0.1) is 6.92 Å². The standard InChI is InChI=1S/C19H15Cl2N3O2/c1-12-5-2-3-8-16(12)23-19(25)24-22-11-13-9-10-17(26-13)14-6-4-7-15(20)18(14)21/h2-11H,1H3,(H2,23,24,25). The van der Waals surface area contributed by atoms with Crippen LogP contribution in [0.4, 0.5) is 10.5 Å². The van der Waals surface area contributed by atoms with Crippen LogP contribution in [0.1, 0.15) is 11.3 Å². The fraction of sp³-hybridized carbons (Fsp3) is 0.0526. The van der Waals surface area contributed by atoms with E-state index < -0.39 is 6.03 Å². The molecule has 1 aromatic heterocycles. The first-order valence-corrected chi connectivity index (χ1v) is 8.50. The molecule has 3 rings (SSSR count). The normalized spacial score (nSPS) is 10.9. The van der Waals surface area contributed by atoms with Crippen molar-refractivity contribution in [3.05, 3.63) is 76.0 Å². The predicted octanol–water partition coefficient (Wildman–Crippen LogP) is 5.72. The van der Waals surface area contributed by atoms with Crippen molar-refractivity contribution in [2.75, 3.05) is 5.32 Å². The number of nitrogens with zero attached hydrogens (tertiary/aromatic N) is 1. The molecule has 2 aromatic carbocycles. The average molecular weight is 388 g/mol. The van der Waals surface area contributed by atoms with Gasteiger partial charge in [-0.25, -0.2) is 10.2 Å². The molecule has 7 heteroatoms. The van der Waals surface area contributed by atoms with Gasteiger partial charge in [0.2, 0.25) is 0 Å². The molecule has 1 heterocycles. The molecule has 2 N–H and O–H groups in total. The number of hydrogen-bond acceptors (Lipinski definition) is 3. The lowest BCUT2D eigenvalue weighted by Crippen LogP contribution is -2.24. The molecule has 0 aliphatic carbocycles. The molecule has 0 radical (unpaired) electrons. The Bertz CT molecular complexity index is 967. The number of carbonyl (C=O) groups is 1. The van der Waals surface area contributed by atoms with Crippen LogP contribution in [0.25, 0.3) is 11.3 Å². The fourth-order valence-corrected chi connectivity index (χ4v) is 2.67. The van der Waals surface area contributed by atoms with Crippen molar-refractivity contribution in [1.29, 1.82) is 0 Å². The highest BCUT2D eigenvalue weighted by Crippen LogP contribution is 2.34. The number of nitrogens with one attached hydrogen (secondary N) is 2. The van der Waals surface area contributed by atoms with Crippen LogP contribution in [0.3, 0.4) is 0 Å². The number of para-hydroxylation sites is 1. The maximum absolute atomic E-state index is 11.9. The highest BCUT2D eigenvalue weighted by Gasteiger charge is 2.10. The van der Waals surface area contributed by atoms with Gasteiger partial charge in [0.25, 0.3) is 0 Å². The van der Waals surface area contributed by atoms with Crippen molar-refractivity contribution in [2.45, 2.75) is 6.92 Å². The van der Waals surface area contributed by atoms with Crippen LogP contribution in [0.15, 0.2) is 64.1 Å². The van der Waals surface area contributed by atoms with E-state index in [4.69, 9.17) is 27.6 Å². The van der Waals surface area contributed by atoms with E-state index in [9.17, 15) is 4.79 Å². The molecule has 0 atom stereocenters. The van der Waals surface area contributed by atoms with E-state index in [1.54, 1.807) is 24.3 Å². The zero-order valence-electron chi connectivity index (χ0n) is 13.8. The molecule has 3 aromatic rings. The number of benzene rings is 2. The quantitative estimate of drug-likeness (QED) is 0.444. The minimum atomic E-state index is -0.444. The summed E-state index contributed by atoms with van der Waals surface area (Å²) >= 11 is 12.2. The van der Waals surface area contributed by atoms with Crippen LogP contribution >= 0.6 is 23.2 Å². The molecule has 0 spiro atoms. The molecule has 0 saturated heterocycles. The number of anilines is 1. The van der Waals surface area contributed by atoms with Gasteiger partial charge in [-0.1, -0.05) is 47.5 Å². The monoisotopic (exact) mass is 387 g/mol. The summed E-state index contributed by atoms with van der Waals surface area (Å²) in [7, 11) is 0. The van der Waals surface area contributed by atoms with Crippen molar-refractivity contribution in [3.63, 3.8) is 0 Å². The van der Waals surface area contributed by atoms with Crippen LogP contribution in [0.5, 0.6) is 0 Å². The fourth-order valence-electron chi connectivity index (χ4n) is 2.28. The van der Waals surface area contributed by atoms with Gasteiger partial charge in [0.1, 0.15) is 11.5 Å². The van der Waals surface area contributed by atoms with E-state index >= 15 is 0 Å². The van der Waals surface area contributed by atoms with Gasteiger partial charge in [-0.05, 0) is 42.8 Å². The van der Waals surface area contributed by atoms with E-state index in [0.29, 0.717) is 27.1 Å². The minimum Gasteiger partial charge on any atom is -0.455 e. The summed E-state index contributed by atoms with van der Waals surface area (Å²) in [5.74, 6) is 1.02. The van der Waals surface area contributed by atoms with Crippen molar-refractivity contribution in [2.24, 2.45) is 5.10 Å². The summed E-state index contributed by atoms with van der Waals surface area (Å²) in [6.07, 6.45) is 1.40. The number of halogens is 2. The van der Waals surface area contributed by atoms with Gasteiger partial charge in [0, 0.05) is 11.3 Å².